The zero-order valence-electron chi connectivity index (χ0n) is 14.0. The minimum atomic E-state index is -2.13. The molecule has 0 aliphatic carbocycles. The standard InChI is InChI=1S/C18H15F2N3O3S/c19-14-9-11(2-1-5-23-27(25)26)8-13(17(14)20)18(24)12-3-4-15-16(10-12)22-7-6-21-15/h3-4,6-10,23H,1-2,5H2,(H,25,26). The summed E-state index contributed by atoms with van der Waals surface area (Å²) in [4.78, 5) is 20.9. The number of halogens is 2. The second-order valence-electron chi connectivity index (χ2n) is 5.78. The van der Waals surface area contributed by atoms with Crippen LogP contribution < -0.4 is 4.72 Å². The minimum Gasteiger partial charge on any atom is -0.294 e. The number of carbonyl (C=O) groups is 1. The summed E-state index contributed by atoms with van der Waals surface area (Å²) in [6, 6.07) is 6.89. The highest BCUT2D eigenvalue weighted by atomic mass is 32.2. The summed E-state index contributed by atoms with van der Waals surface area (Å²) in [6.07, 6.45) is 3.72. The van der Waals surface area contributed by atoms with Gasteiger partial charge in [-0.3, -0.25) is 19.3 Å². The third-order valence-electron chi connectivity index (χ3n) is 3.93. The highest BCUT2D eigenvalue weighted by molar-refractivity contribution is 7.77. The van der Waals surface area contributed by atoms with Crippen LogP contribution in [0.3, 0.4) is 0 Å². The van der Waals surface area contributed by atoms with Crippen molar-refractivity contribution in [2.24, 2.45) is 0 Å². The van der Waals surface area contributed by atoms with Crippen LogP contribution in [0.15, 0.2) is 42.7 Å². The molecule has 0 aliphatic heterocycles. The molecule has 0 amide bonds. The molecule has 0 aliphatic rings. The SMILES string of the molecule is O=C(c1ccc2nccnc2c1)c1cc(CCCNS(=O)O)cc(F)c1F. The number of nitrogens with one attached hydrogen (secondary N) is 1. The topological polar surface area (TPSA) is 92.2 Å². The van der Waals surface area contributed by atoms with Gasteiger partial charge in [0.25, 0.3) is 0 Å². The van der Waals surface area contributed by atoms with Gasteiger partial charge in [-0.15, -0.1) is 0 Å². The second kappa shape index (κ2) is 8.38. The second-order valence-corrected chi connectivity index (χ2v) is 6.56. The minimum absolute atomic E-state index is 0.177. The molecule has 2 N–H and O–H groups in total. The Labute approximate surface area is 156 Å². The number of nitrogens with zero attached hydrogens (tertiary/aromatic N) is 2. The molecule has 1 atom stereocenters. The van der Waals surface area contributed by atoms with Crippen molar-refractivity contribution in [3.05, 3.63) is 71.1 Å². The lowest BCUT2D eigenvalue weighted by molar-refractivity contribution is 0.103. The molecule has 0 saturated carbocycles. The van der Waals surface area contributed by atoms with Crippen LogP contribution in [0.1, 0.15) is 27.9 Å². The fraction of sp³-hybridized carbons (Fsp3) is 0.167. The number of carbonyl (C=O) groups excluding carboxylic acids is 1. The predicted molar refractivity (Wildman–Crippen MR) is 96.4 cm³/mol. The molecule has 9 heteroatoms. The van der Waals surface area contributed by atoms with Crippen LogP contribution in [0.4, 0.5) is 8.78 Å². The van der Waals surface area contributed by atoms with Crippen molar-refractivity contribution in [2.75, 3.05) is 6.54 Å². The third-order valence-corrected chi connectivity index (χ3v) is 4.38. The molecule has 27 heavy (non-hydrogen) atoms. The van der Waals surface area contributed by atoms with E-state index in [4.69, 9.17) is 4.55 Å². The van der Waals surface area contributed by atoms with Gasteiger partial charge in [0.05, 0.1) is 16.6 Å². The Balaban J connectivity index is 1.87. The van der Waals surface area contributed by atoms with E-state index in [0.29, 0.717) is 29.4 Å². The number of hydrogen-bond donors (Lipinski definition) is 2. The lowest BCUT2D eigenvalue weighted by Crippen LogP contribution is -2.18. The molecule has 2 aromatic carbocycles. The molecule has 1 aromatic heterocycles. The Hall–Kier alpha value is -2.62. The van der Waals surface area contributed by atoms with Crippen LogP contribution in [0.25, 0.3) is 11.0 Å². The Morgan fingerprint density at radius 1 is 1.11 bits per heavy atom. The number of aromatic nitrogens is 2. The van der Waals surface area contributed by atoms with Gasteiger partial charge in [0.2, 0.25) is 11.3 Å². The van der Waals surface area contributed by atoms with Crippen LogP contribution in [-0.2, 0) is 17.7 Å². The molecular formula is C18H15F2N3O3S. The van der Waals surface area contributed by atoms with Crippen LogP contribution in [0.5, 0.6) is 0 Å². The monoisotopic (exact) mass is 391 g/mol. The molecule has 0 spiro atoms. The average molecular weight is 391 g/mol. The summed E-state index contributed by atoms with van der Waals surface area (Å²) >= 11 is -2.13. The summed E-state index contributed by atoms with van der Waals surface area (Å²) in [7, 11) is 0. The highest BCUT2D eigenvalue weighted by Crippen LogP contribution is 2.21. The first kappa shape index (κ1) is 19.2. The van der Waals surface area contributed by atoms with E-state index in [1.54, 1.807) is 6.07 Å². The van der Waals surface area contributed by atoms with Gasteiger partial charge in [0.1, 0.15) is 0 Å². The van der Waals surface area contributed by atoms with Gasteiger partial charge >= 0.3 is 0 Å². The first-order valence-electron chi connectivity index (χ1n) is 8.03. The van der Waals surface area contributed by atoms with Crippen LogP contribution in [0, 0.1) is 11.6 Å². The number of benzene rings is 2. The molecule has 0 bridgehead atoms. The summed E-state index contributed by atoms with van der Waals surface area (Å²) in [5, 5.41) is 0. The van der Waals surface area contributed by atoms with E-state index >= 15 is 0 Å². The third kappa shape index (κ3) is 4.57. The van der Waals surface area contributed by atoms with Crippen LogP contribution in [0.2, 0.25) is 0 Å². The summed E-state index contributed by atoms with van der Waals surface area (Å²) in [6.45, 7) is 0.217. The molecule has 0 saturated heterocycles. The predicted octanol–water partition coefficient (Wildman–Crippen LogP) is 2.80. The lowest BCUT2D eigenvalue weighted by atomic mass is 9.98. The quantitative estimate of drug-likeness (QED) is 0.367. The Morgan fingerprint density at radius 2 is 1.85 bits per heavy atom. The van der Waals surface area contributed by atoms with Crippen molar-refractivity contribution in [1.82, 2.24) is 14.7 Å². The molecule has 1 unspecified atom stereocenters. The molecule has 6 nitrogen and oxygen atoms in total. The molecule has 0 fully saturated rings. The summed E-state index contributed by atoms with van der Waals surface area (Å²) < 4.78 is 49.7. The molecular weight excluding hydrogens is 376 g/mol. The first-order chi connectivity index (χ1) is 13.0. The lowest BCUT2D eigenvalue weighted by Gasteiger charge is -2.08. The van der Waals surface area contributed by atoms with Gasteiger partial charge in [-0.1, -0.05) is 0 Å². The molecule has 1 heterocycles. The first-order valence-corrected chi connectivity index (χ1v) is 9.14. The molecule has 3 aromatic rings. The van der Waals surface area contributed by atoms with E-state index in [9.17, 15) is 17.8 Å². The number of aryl methyl sites for hydroxylation is 1. The summed E-state index contributed by atoms with van der Waals surface area (Å²) in [5.74, 6) is -2.98. The van der Waals surface area contributed by atoms with Crippen LogP contribution >= 0.6 is 0 Å². The van der Waals surface area contributed by atoms with Crippen molar-refractivity contribution in [1.29, 1.82) is 0 Å². The van der Waals surface area contributed by atoms with Gasteiger partial charge in [-0.25, -0.2) is 17.7 Å². The number of hydrogen-bond acceptors (Lipinski definition) is 4. The summed E-state index contributed by atoms with van der Waals surface area (Å²) in [5.41, 5.74) is 1.29. The Kier molecular flexibility index (Phi) is 5.94. The van der Waals surface area contributed by atoms with Crippen molar-refractivity contribution in [3.8, 4) is 0 Å². The fourth-order valence-electron chi connectivity index (χ4n) is 2.67. The van der Waals surface area contributed by atoms with E-state index in [1.807, 2.05) is 0 Å². The highest BCUT2D eigenvalue weighted by Gasteiger charge is 2.19. The largest absolute Gasteiger partial charge is 0.294 e. The van der Waals surface area contributed by atoms with E-state index in [2.05, 4.69) is 14.7 Å². The van der Waals surface area contributed by atoms with Gasteiger partial charge in [0, 0.05) is 24.5 Å². The number of rotatable bonds is 7. The van der Waals surface area contributed by atoms with E-state index < -0.39 is 28.7 Å². The van der Waals surface area contributed by atoms with E-state index in [0.717, 1.165) is 6.07 Å². The molecule has 3 rings (SSSR count). The van der Waals surface area contributed by atoms with Gasteiger partial charge < -0.3 is 0 Å². The maximum absolute atomic E-state index is 14.2. The maximum atomic E-state index is 14.2. The van der Waals surface area contributed by atoms with Crippen molar-refractivity contribution in [2.45, 2.75) is 12.8 Å². The zero-order chi connectivity index (χ0) is 19.4. The smallest absolute Gasteiger partial charge is 0.231 e. The normalized spacial score (nSPS) is 12.3. The van der Waals surface area contributed by atoms with Gasteiger partial charge in [-0.2, -0.15) is 0 Å². The van der Waals surface area contributed by atoms with E-state index in [1.165, 1.54) is 30.6 Å². The number of fused-ring (bicyclic) bond motifs is 1. The van der Waals surface area contributed by atoms with Crippen LogP contribution in [-0.4, -0.2) is 31.1 Å². The molecule has 140 valence electrons. The van der Waals surface area contributed by atoms with Crippen molar-refractivity contribution in [3.63, 3.8) is 0 Å². The zero-order valence-corrected chi connectivity index (χ0v) is 14.8. The van der Waals surface area contributed by atoms with Gasteiger partial charge in [-0.05, 0) is 48.7 Å². The van der Waals surface area contributed by atoms with Gasteiger partial charge in [0.15, 0.2) is 17.4 Å². The Bertz CT molecular complexity index is 1030. The van der Waals surface area contributed by atoms with Crippen molar-refractivity contribution >= 4 is 28.1 Å². The fourth-order valence-corrected chi connectivity index (χ4v) is 2.99. The van der Waals surface area contributed by atoms with Crippen molar-refractivity contribution < 1.29 is 22.3 Å². The molecule has 0 radical (unpaired) electrons. The average Bonchev–Trinajstić information content (AvgIpc) is 2.66. The Morgan fingerprint density at radius 3 is 2.59 bits per heavy atom. The number of ketones is 1. The maximum Gasteiger partial charge on any atom is 0.231 e. The van der Waals surface area contributed by atoms with E-state index in [-0.39, 0.29) is 17.7 Å².